The van der Waals surface area contributed by atoms with Crippen LogP contribution in [0, 0.1) is 0 Å². The fourth-order valence-electron chi connectivity index (χ4n) is 3.25. The van der Waals surface area contributed by atoms with E-state index < -0.39 is 0 Å². The van der Waals surface area contributed by atoms with Crippen LogP contribution in [-0.2, 0) is 13.6 Å². The average molecular weight is 360 g/mol. The summed E-state index contributed by atoms with van der Waals surface area (Å²) in [7, 11) is 3.51. The summed E-state index contributed by atoms with van der Waals surface area (Å²) in [5.74, 6) is 0.593. The van der Waals surface area contributed by atoms with Crippen molar-refractivity contribution in [3.63, 3.8) is 0 Å². The topological polar surface area (TPSA) is 61.1 Å². The number of nitrogens with one attached hydrogen (secondary N) is 1. The molecule has 1 N–H and O–H groups in total. The first-order valence-electron chi connectivity index (χ1n) is 8.66. The molecule has 0 spiro atoms. The Bertz CT molecular complexity index is 1100. The number of aromatic nitrogens is 3. The quantitative estimate of drug-likeness (QED) is 0.590. The molecule has 6 nitrogen and oxygen atoms in total. The Morgan fingerprint density at radius 3 is 2.78 bits per heavy atom. The van der Waals surface area contributed by atoms with Crippen LogP contribution in [-0.4, -0.2) is 27.4 Å². The van der Waals surface area contributed by atoms with E-state index in [0.29, 0.717) is 12.2 Å². The van der Waals surface area contributed by atoms with E-state index in [4.69, 9.17) is 4.74 Å². The molecule has 4 aromatic rings. The largest absolute Gasteiger partial charge is 0.496 e. The summed E-state index contributed by atoms with van der Waals surface area (Å²) in [5, 5.41) is 8.12. The Labute approximate surface area is 157 Å². The normalized spacial score (nSPS) is 10.9. The zero-order chi connectivity index (χ0) is 18.8. The van der Waals surface area contributed by atoms with Crippen LogP contribution in [0.2, 0.25) is 0 Å². The number of carbonyl (C=O) groups excluding carboxylic acids is 1. The molecular formula is C21H20N4O2. The number of aryl methyl sites for hydroxylation is 1. The summed E-state index contributed by atoms with van der Waals surface area (Å²) in [6.45, 7) is 0.655. The van der Waals surface area contributed by atoms with Gasteiger partial charge in [0.25, 0.3) is 5.91 Å². The van der Waals surface area contributed by atoms with Crippen molar-refractivity contribution in [1.29, 1.82) is 0 Å². The monoisotopic (exact) mass is 360 g/mol. The Balaban J connectivity index is 1.59. The van der Waals surface area contributed by atoms with E-state index in [1.807, 2.05) is 77.1 Å². The maximum atomic E-state index is 12.8. The summed E-state index contributed by atoms with van der Waals surface area (Å²) in [6.07, 6.45) is 3.66. The number of fused-ring (bicyclic) bond motifs is 1. The lowest BCUT2D eigenvalue weighted by molar-refractivity contribution is 0.102. The second kappa shape index (κ2) is 6.99. The third kappa shape index (κ3) is 3.29. The lowest BCUT2D eigenvalue weighted by atomic mass is 10.2. The van der Waals surface area contributed by atoms with Crippen molar-refractivity contribution in [2.24, 2.45) is 7.05 Å². The molecule has 27 heavy (non-hydrogen) atoms. The van der Waals surface area contributed by atoms with E-state index in [1.54, 1.807) is 13.3 Å². The van der Waals surface area contributed by atoms with Gasteiger partial charge in [0.05, 0.1) is 19.2 Å². The molecule has 0 bridgehead atoms. The van der Waals surface area contributed by atoms with Gasteiger partial charge >= 0.3 is 0 Å². The highest BCUT2D eigenvalue weighted by Crippen LogP contribution is 2.28. The number of rotatable bonds is 5. The predicted octanol–water partition coefficient (Wildman–Crippen LogP) is 3.68. The second-order valence-corrected chi connectivity index (χ2v) is 6.34. The van der Waals surface area contributed by atoms with E-state index in [0.717, 1.165) is 27.9 Å². The summed E-state index contributed by atoms with van der Waals surface area (Å²) in [5.41, 5.74) is 3.34. The zero-order valence-corrected chi connectivity index (χ0v) is 15.2. The smallest absolute Gasteiger partial charge is 0.272 e. The fraction of sp³-hybridized carbons (Fsp3) is 0.143. The Morgan fingerprint density at radius 1 is 1.15 bits per heavy atom. The van der Waals surface area contributed by atoms with Gasteiger partial charge in [-0.15, -0.1) is 0 Å². The van der Waals surface area contributed by atoms with Gasteiger partial charge in [0.2, 0.25) is 0 Å². The van der Waals surface area contributed by atoms with Crippen molar-refractivity contribution in [3.05, 3.63) is 78.2 Å². The molecule has 0 fully saturated rings. The van der Waals surface area contributed by atoms with Gasteiger partial charge in [-0.05, 0) is 42.0 Å². The standard InChI is InChI=1S/C21H20N4O2/c1-24-18-8-4-9-20(27-2)17(18)13-19(24)21(26)23-16-7-3-6-15(12-16)14-25-11-5-10-22-25/h3-13H,14H2,1-2H3,(H,23,26). The van der Waals surface area contributed by atoms with E-state index in [-0.39, 0.29) is 5.91 Å². The van der Waals surface area contributed by atoms with Crippen LogP contribution in [0.15, 0.2) is 67.0 Å². The molecule has 0 unspecified atom stereocenters. The highest BCUT2D eigenvalue weighted by Gasteiger charge is 2.16. The first-order valence-corrected chi connectivity index (χ1v) is 8.66. The summed E-state index contributed by atoms with van der Waals surface area (Å²) in [4.78, 5) is 12.8. The number of hydrogen-bond acceptors (Lipinski definition) is 3. The number of nitrogens with zero attached hydrogens (tertiary/aromatic N) is 3. The number of hydrogen-bond donors (Lipinski definition) is 1. The first-order chi connectivity index (χ1) is 13.2. The number of methoxy groups -OCH3 is 1. The molecule has 0 aliphatic carbocycles. The third-order valence-corrected chi connectivity index (χ3v) is 4.59. The number of ether oxygens (including phenoxy) is 1. The van der Waals surface area contributed by atoms with E-state index in [2.05, 4.69) is 10.4 Å². The van der Waals surface area contributed by atoms with Gasteiger partial charge in [-0.25, -0.2) is 0 Å². The maximum Gasteiger partial charge on any atom is 0.272 e. The van der Waals surface area contributed by atoms with Crippen molar-refractivity contribution < 1.29 is 9.53 Å². The summed E-state index contributed by atoms with van der Waals surface area (Å²) in [6, 6.07) is 17.3. The zero-order valence-electron chi connectivity index (χ0n) is 15.2. The van der Waals surface area contributed by atoms with E-state index in [1.165, 1.54) is 0 Å². The Hall–Kier alpha value is -3.54. The second-order valence-electron chi connectivity index (χ2n) is 6.34. The Morgan fingerprint density at radius 2 is 2.00 bits per heavy atom. The fourth-order valence-corrected chi connectivity index (χ4v) is 3.25. The molecule has 0 saturated heterocycles. The van der Waals surface area contributed by atoms with E-state index in [9.17, 15) is 4.79 Å². The van der Waals surface area contributed by atoms with Crippen LogP contribution >= 0.6 is 0 Å². The number of anilines is 1. The van der Waals surface area contributed by atoms with Crippen molar-refractivity contribution in [2.45, 2.75) is 6.54 Å². The van der Waals surface area contributed by atoms with Gasteiger partial charge in [0.15, 0.2) is 0 Å². The number of amides is 1. The SMILES string of the molecule is COc1cccc2c1cc(C(=O)Nc1cccc(Cn3cccn3)c1)n2C. The minimum absolute atomic E-state index is 0.160. The first kappa shape index (κ1) is 16.9. The highest BCUT2D eigenvalue weighted by molar-refractivity contribution is 6.07. The van der Waals surface area contributed by atoms with Crippen LogP contribution in [0.5, 0.6) is 5.75 Å². The van der Waals surface area contributed by atoms with Crippen LogP contribution in [0.3, 0.4) is 0 Å². The average Bonchev–Trinajstić information content (AvgIpc) is 3.30. The number of carbonyl (C=O) groups is 1. The lowest BCUT2D eigenvalue weighted by Gasteiger charge is -2.09. The molecule has 2 aromatic heterocycles. The molecule has 0 radical (unpaired) electrons. The van der Waals surface area contributed by atoms with Crippen molar-refractivity contribution in [2.75, 3.05) is 12.4 Å². The van der Waals surface area contributed by atoms with Crippen molar-refractivity contribution >= 4 is 22.5 Å². The van der Waals surface area contributed by atoms with Crippen LogP contribution in [0.1, 0.15) is 16.1 Å². The lowest BCUT2D eigenvalue weighted by Crippen LogP contribution is -2.15. The molecular weight excluding hydrogens is 340 g/mol. The summed E-state index contributed by atoms with van der Waals surface area (Å²) >= 11 is 0. The molecule has 6 heteroatoms. The van der Waals surface area contributed by atoms with Crippen molar-refractivity contribution in [3.8, 4) is 5.75 Å². The van der Waals surface area contributed by atoms with Gasteiger partial charge < -0.3 is 14.6 Å². The van der Waals surface area contributed by atoms with Crippen LogP contribution in [0.4, 0.5) is 5.69 Å². The van der Waals surface area contributed by atoms with Gasteiger partial charge in [-0.2, -0.15) is 5.10 Å². The number of benzene rings is 2. The van der Waals surface area contributed by atoms with Crippen molar-refractivity contribution in [1.82, 2.24) is 14.3 Å². The van der Waals surface area contributed by atoms with Gasteiger partial charge in [-0.1, -0.05) is 18.2 Å². The van der Waals surface area contributed by atoms with Gasteiger partial charge in [0, 0.05) is 30.5 Å². The minimum atomic E-state index is -0.160. The summed E-state index contributed by atoms with van der Waals surface area (Å²) < 4.78 is 9.13. The third-order valence-electron chi connectivity index (χ3n) is 4.59. The molecule has 136 valence electrons. The predicted molar refractivity (Wildman–Crippen MR) is 105 cm³/mol. The van der Waals surface area contributed by atoms with Crippen LogP contribution < -0.4 is 10.1 Å². The molecule has 2 aromatic carbocycles. The molecule has 2 heterocycles. The molecule has 0 atom stereocenters. The molecule has 4 rings (SSSR count). The maximum absolute atomic E-state index is 12.8. The highest BCUT2D eigenvalue weighted by atomic mass is 16.5. The van der Waals surface area contributed by atoms with Gasteiger partial charge in [0.1, 0.15) is 11.4 Å². The van der Waals surface area contributed by atoms with E-state index >= 15 is 0 Å². The van der Waals surface area contributed by atoms with Crippen LogP contribution in [0.25, 0.3) is 10.9 Å². The molecule has 0 saturated carbocycles. The minimum Gasteiger partial charge on any atom is -0.496 e. The molecule has 0 aliphatic rings. The molecule has 0 aliphatic heterocycles. The molecule has 1 amide bonds. The Kier molecular flexibility index (Phi) is 4.38. The van der Waals surface area contributed by atoms with Gasteiger partial charge in [-0.3, -0.25) is 9.48 Å².